The normalized spacial score (nSPS) is 19.8. The van der Waals surface area contributed by atoms with Crippen LogP contribution in [-0.2, 0) is 19.2 Å². The Labute approximate surface area is 456 Å². The third-order valence-electron chi connectivity index (χ3n) is 14.4. The summed E-state index contributed by atoms with van der Waals surface area (Å²) in [5.74, 6) is -0.769. The van der Waals surface area contributed by atoms with Crippen LogP contribution in [0.25, 0.3) is 10.4 Å². The van der Waals surface area contributed by atoms with Crippen molar-refractivity contribution in [3.05, 3.63) is 100 Å². The number of anilines is 1. The molecule has 2 unspecified atom stereocenters. The van der Waals surface area contributed by atoms with Crippen LogP contribution in [-0.4, -0.2) is 129 Å². The van der Waals surface area contributed by atoms with Gasteiger partial charge in [0.2, 0.25) is 23.6 Å². The second kappa shape index (κ2) is 24.3. The number of β-amino-alcohol motifs (C(OH)–C–C–N with tert-alkyl or cyclic N) is 1. The number of aromatic nitrogens is 2. The summed E-state index contributed by atoms with van der Waals surface area (Å²) in [6, 6.07) is 16.3. The van der Waals surface area contributed by atoms with Gasteiger partial charge in [-0.05, 0) is 111 Å². The molecule has 20 heteroatoms. The number of nitrogens with zero attached hydrogens (tertiary/aromatic N) is 5. The molecule has 1 aliphatic carbocycles. The van der Waals surface area contributed by atoms with Crippen LogP contribution in [0, 0.1) is 25.2 Å². The number of carbonyl (C=O) groups is 6. The Kier molecular flexibility index (Phi) is 17.9. The lowest BCUT2D eigenvalue weighted by Crippen LogP contribution is -2.58. The largest absolute Gasteiger partial charge is 0.496 e. The Morgan fingerprint density at radius 1 is 0.868 bits per heavy atom. The summed E-state index contributed by atoms with van der Waals surface area (Å²) < 4.78 is 12.8. The summed E-state index contributed by atoms with van der Waals surface area (Å²) in [6.45, 7) is 14.8. The molecule has 76 heavy (non-hydrogen) atoms. The van der Waals surface area contributed by atoms with Gasteiger partial charge < -0.3 is 39.9 Å². The van der Waals surface area contributed by atoms with Crippen molar-refractivity contribution in [2.75, 3.05) is 45.2 Å². The molecule has 0 spiro atoms. The highest BCUT2D eigenvalue weighted by Crippen LogP contribution is 2.39. The molecule has 4 heterocycles. The van der Waals surface area contributed by atoms with Gasteiger partial charge in [0, 0.05) is 62.4 Å². The zero-order chi connectivity index (χ0) is 54.4. The maximum atomic E-state index is 14.4. The number of methoxy groups -OCH3 is 1. The van der Waals surface area contributed by atoms with Crippen LogP contribution < -0.4 is 25.4 Å². The molecule has 6 amide bonds. The van der Waals surface area contributed by atoms with Crippen molar-refractivity contribution in [2.45, 2.75) is 126 Å². The number of benzene rings is 3. The molecule has 0 bridgehead atoms. The average Bonchev–Trinajstić information content (AvgIpc) is 4.11. The van der Waals surface area contributed by atoms with Gasteiger partial charge in [0.25, 0.3) is 11.8 Å². The van der Waals surface area contributed by atoms with Crippen LogP contribution in [0.3, 0.4) is 0 Å². The molecule has 2 aromatic heterocycles. The van der Waals surface area contributed by atoms with Gasteiger partial charge in [-0.3, -0.25) is 34.1 Å². The predicted octanol–water partition coefficient (Wildman–Crippen LogP) is 8.30. The highest BCUT2D eigenvalue weighted by Gasteiger charge is 2.45. The first-order valence-corrected chi connectivity index (χ1v) is 28.3. The van der Waals surface area contributed by atoms with E-state index in [1.54, 1.807) is 51.6 Å². The first-order valence-electron chi connectivity index (χ1n) is 25.8. The monoisotopic (exact) mass is 1090 g/mol. The Balaban J connectivity index is 0.815. The first kappa shape index (κ1) is 55.9. The van der Waals surface area contributed by atoms with Crippen molar-refractivity contribution < 1.29 is 43.3 Å². The maximum absolute atomic E-state index is 14.4. The Bertz CT molecular complexity index is 2910. The Morgan fingerprint density at radius 3 is 2.24 bits per heavy atom. The predicted molar refractivity (Wildman–Crippen MR) is 294 cm³/mol. The zero-order valence-electron chi connectivity index (χ0n) is 44.3. The van der Waals surface area contributed by atoms with E-state index in [4.69, 9.17) is 9.47 Å². The summed E-state index contributed by atoms with van der Waals surface area (Å²) in [4.78, 5) is 96.7. The Hall–Kier alpha value is -6.35. The van der Waals surface area contributed by atoms with Crippen LogP contribution in [0.2, 0.25) is 0 Å². The van der Waals surface area contributed by atoms with Crippen LogP contribution >= 0.6 is 34.4 Å². The Morgan fingerprint density at radius 2 is 1.58 bits per heavy atom. The number of nitrogens with one attached hydrogen (secondary N) is 3. The van der Waals surface area contributed by atoms with E-state index in [0.717, 1.165) is 49.2 Å². The molecule has 3 fully saturated rings. The van der Waals surface area contributed by atoms with Crippen LogP contribution in [0.5, 0.6) is 11.5 Å². The quantitative estimate of drug-likeness (QED) is 0.0730. The van der Waals surface area contributed by atoms with E-state index in [1.165, 1.54) is 42.0 Å². The van der Waals surface area contributed by atoms with Gasteiger partial charge in [-0.2, -0.15) is 0 Å². The highest BCUT2D eigenvalue weighted by molar-refractivity contribution is 8.01. The van der Waals surface area contributed by atoms with E-state index in [-0.39, 0.29) is 60.6 Å². The summed E-state index contributed by atoms with van der Waals surface area (Å²) in [6.07, 6.45) is 3.96. The van der Waals surface area contributed by atoms with Gasteiger partial charge in [0.05, 0.1) is 57.4 Å². The number of carbonyl (C=O) groups excluding carboxylic acids is 6. The molecular formula is C56H68N8O9S3. The number of likely N-dealkylation sites (tertiary alicyclic amines) is 1. The molecule has 2 aliphatic heterocycles. The number of aliphatic hydroxyl groups is 1. The number of piperazine rings is 1. The molecule has 6 atom stereocenters. The second-order valence-corrected chi connectivity index (χ2v) is 24.2. The number of amides is 6. The minimum absolute atomic E-state index is 0.00744. The van der Waals surface area contributed by atoms with E-state index in [0.29, 0.717) is 73.2 Å². The van der Waals surface area contributed by atoms with Gasteiger partial charge in [-0.25, -0.2) is 9.97 Å². The molecule has 4 N–H and O–H groups in total. The van der Waals surface area contributed by atoms with E-state index in [1.807, 2.05) is 83.5 Å². The average molecular weight is 1090 g/mol. The van der Waals surface area contributed by atoms with Gasteiger partial charge in [0.1, 0.15) is 23.6 Å². The molecule has 17 nitrogen and oxygen atoms in total. The van der Waals surface area contributed by atoms with Crippen molar-refractivity contribution >= 4 is 75.0 Å². The van der Waals surface area contributed by atoms with E-state index < -0.39 is 29.5 Å². The number of aliphatic hydroxyl groups excluding tert-OH is 1. The fourth-order valence-electron chi connectivity index (χ4n) is 9.94. The molecule has 3 aromatic carbocycles. The molecule has 1 saturated carbocycles. The smallest absolute Gasteiger partial charge is 0.257 e. The van der Waals surface area contributed by atoms with Crippen LogP contribution in [0.15, 0.2) is 81.5 Å². The fraction of sp³-hybridized carbons (Fsp3) is 0.464. The number of ether oxygens (including phenoxy) is 2. The highest BCUT2D eigenvalue weighted by atomic mass is 32.2. The minimum Gasteiger partial charge on any atom is -0.496 e. The molecule has 2 saturated heterocycles. The summed E-state index contributed by atoms with van der Waals surface area (Å²) in [7, 11) is 1.54. The number of hydrogen-bond acceptors (Lipinski definition) is 14. The number of thiazole rings is 2. The summed E-state index contributed by atoms with van der Waals surface area (Å²) in [5, 5.41) is 20.2. The van der Waals surface area contributed by atoms with E-state index in [2.05, 4.69) is 25.9 Å². The van der Waals surface area contributed by atoms with Crippen LogP contribution in [0.4, 0.5) is 5.13 Å². The second-order valence-electron chi connectivity index (χ2n) is 20.9. The number of aryl methyl sites for hydroxylation is 2. The molecule has 0 radical (unpaired) electrons. The van der Waals surface area contributed by atoms with Crippen molar-refractivity contribution in [3.63, 3.8) is 0 Å². The molecular weight excluding hydrogens is 1020 g/mol. The van der Waals surface area contributed by atoms with Crippen molar-refractivity contribution in [2.24, 2.45) is 11.3 Å². The molecule has 404 valence electrons. The third-order valence-corrected chi connectivity index (χ3v) is 17.6. The summed E-state index contributed by atoms with van der Waals surface area (Å²) in [5.41, 5.74) is 5.80. The molecule has 3 aliphatic rings. The lowest BCUT2D eigenvalue weighted by molar-refractivity contribution is -0.144. The van der Waals surface area contributed by atoms with Crippen LogP contribution in [0.1, 0.15) is 117 Å². The number of hydrogen-bond donors (Lipinski definition) is 4. The maximum Gasteiger partial charge on any atom is 0.257 e. The zero-order valence-corrected chi connectivity index (χ0v) is 46.8. The van der Waals surface area contributed by atoms with Gasteiger partial charge in [0.15, 0.2) is 5.13 Å². The molecule has 5 aromatic rings. The fourth-order valence-corrected chi connectivity index (χ4v) is 12.7. The van der Waals surface area contributed by atoms with Crippen molar-refractivity contribution in [3.8, 4) is 21.9 Å². The van der Waals surface area contributed by atoms with E-state index >= 15 is 0 Å². The lowest BCUT2D eigenvalue weighted by Gasteiger charge is -2.36. The molecule has 8 rings (SSSR count). The minimum atomic E-state index is -0.937. The van der Waals surface area contributed by atoms with Gasteiger partial charge in [-0.15, -0.1) is 11.3 Å². The lowest BCUT2D eigenvalue weighted by atomic mass is 9.84. The van der Waals surface area contributed by atoms with E-state index in [9.17, 15) is 33.9 Å². The summed E-state index contributed by atoms with van der Waals surface area (Å²) >= 11 is 4.33. The third kappa shape index (κ3) is 13.4. The number of rotatable bonds is 15. The van der Waals surface area contributed by atoms with Crippen molar-refractivity contribution in [1.82, 2.24) is 35.3 Å². The van der Waals surface area contributed by atoms with Crippen molar-refractivity contribution in [1.29, 1.82) is 0 Å². The van der Waals surface area contributed by atoms with Gasteiger partial charge in [-0.1, -0.05) is 68.1 Å². The van der Waals surface area contributed by atoms with Gasteiger partial charge >= 0.3 is 0 Å². The SMILES string of the molecule is COc1cc(C)c(Sc2cnc(NC(=O)c3ccc(OC4CCCC(C(=O)N[C@H](C(=O)N5C[C@H](O)C[C@H]5C(=O)N[C@@H](C)c5ccc(-c6scnc6C)cc5)C(C)(C)C)CC4)cc3)s2)cc1C(=O)N1CCN(C(C)=O)CC1. The topological polar surface area (TPSA) is 213 Å². The standard InChI is InChI=1S/C56H68N8O9S3/c1-32-26-45(72-8)43(53(70)63-24-22-62(23-25-63)35(4)65)28-46(32)75-47-29-57-55(76-47)61-51(68)39-17-20-42(21-18-39)73-41-11-9-10-38(16-19-41)50(67)60-49(56(5,6)7)54(71)64-30-40(66)27-44(64)52(69)59-33(2)36-12-14-37(15-13-36)48-34(3)58-31-74-48/h12-15,17-18,20-21,26,28-29,31,33,38,40-41,44,49,66H,9-11,16,19,22-25,27,30H2,1-8H3,(H,59,69)(H,60,67)(H,57,61,68)/t33-,38?,40+,41?,44-,49+/m0/s1. The first-order chi connectivity index (χ1) is 36.3.